The van der Waals surface area contributed by atoms with E-state index in [0.29, 0.717) is 42.7 Å². The van der Waals surface area contributed by atoms with Crippen LogP contribution in [0.3, 0.4) is 0 Å². The molecule has 8 nitrogen and oxygen atoms in total. The van der Waals surface area contributed by atoms with E-state index in [0.717, 1.165) is 8.95 Å². The van der Waals surface area contributed by atoms with E-state index in [1.807, 2.05) is 12.1 Å². The summed E-state index contributed by atoms with van der Waals surface area (Å²) >= 11 is 13.3. The van der Waals surface area contributed by atoms with Gasteiger partial charge in [-0.3, -0.25) is 9.59 Å². The summed E-state index contributed by atoms with van der Waals surface area (Å²) in [6.07, 6.45) is 2.86. The van der Waals surface area contributed by atoms with Crippen LogP contribution in [-0.4, -0.2) is 44.0 Å². The minimum atomic E-state index is -0.164. The molecular weight excluding hydrogens is 841 g/mol. The van der Waals surface area contributed by atoms with Gasteiger partial charge in [-0.15, -0.1) is 0 Å². The van der Waals surface area contributed by atoms with Gasteiger partial charge in [-0.2, -0.15) is 0 Å². The topological polar surface area (TPSA) is 142 Å². The Bertz CT molecular complexity index is 1440. The van der Waals surface area contributed by atoms with Gasteiger partial charge in [0.05, 0.1) is 22.3 Å². The maximum absolute atomic E-state index is 9.75. The van der Waals surface area contributed by atoms with Crippen LogP contribution in [0.25, 0.3) is 10.9 Å². The van der Waals surface area contributed by atoms with E-state index in [2.05, 4.69) is 84.8 Å². The molecule has 0 aliphatic carbocycles. The van der Waals surface area contributed by atoms with Gasteiger partial charge in [0.25, 0.3) is 23.3 Å². The van der Waals surface area contributed by atoms with Crippen molar-refractivity contribution >= 4 is 88.0 Å². The van der Waals surface area contributed by atoms with E-state index in [1.165, 1.54) is 12.4 Å². The normalized spacial score (nSPS) is 10.4. The first kappa shape index (κ1) is 34.5. The van der Waals surface area contributed by atoms with Gasteiger partial charge in [0.15, 0.2) is 0 Å². The van der Waals surface area contributed by atoms with Gasteiger partial charge in [-0.1, -0.05) is 68.3 Å². The molecule has 4 rings (SSSR count). The molecule has 0 atom stereocenters. The third-order valence-corrected chi connectivity index (χ3v) is 7.10. The van der Waals surface area contributed by atoms with Crippen molar-refractivity contribution in [3.63, 3.8) is 0 Å². The van der Waals surface area contributed by atoms with Gasteiger partial charge in [0, 0.05) is 21.4 Å². The fourth-order valence-corrected chi connectivity index (χ4v) is 5.49. The molecule has 0 saturated heterocycles. The molecule has 13 heteroatoms. The summed E-state index contributed by atoms with van der Waals surface area (Å²) < 4.78 is 2.98. The summed E-state index contributed by atoms with van der Waals surface area (Å²) in [5.41, 5.74) is 9.80. The van der Waals surface area contributed by atoms with E-state index < -0.39 is 0 Å². The molecule has 0 aliphatic rings. The SMILES string of the molecule is [OH+]=C([N-]N=Cc1cc(Br)cc(Br)c1[OH2+])c1ccccc1.[OH+]=C([N-]N=Cc1cc(Br)cc(Br)c1[OH2+])c1ccccc1.[Zn+2]. The zero-order chi connectivity index (χ0) is 29.1. The Morgan fingerprint density at radius 1 is 0.610 bits per heavy atom. The fourth-order valence-electron chi connectivity index (χ4n) is 2.97. The Hall–Kier alpha value is -2.70. The second-order valence-corrected chi connectivity index (χ2v) is 11.3. The van der Waals surface area contributed by atoms with E-state index in [4.69, 9.17) is 10.2 Å². The molecule has 0 aliphatic heterocycles. The molecule has 0 fully saturated rings. The van der Waals surface area contributed by atoms with Crippen LogP contribution in [0.1, 0.15) is 22.3 Å². The molecule has 0 aromatic heterocycles. The van der Waals surface area contributed by atoms with Crippen LogP contribution in [-0.2, 0) is 19.5 Å². The Morgan fingerprint density at radius 2 is 0.951 bits per heavy atom. The predicted molar refractivity (Wildman–Crippen MR) is 177 cm³/mol. The number of carbonyl (C=O) groups excluding carboxylic acids is 2. The Balaban J connectivity index is 0.000000280. The molecule has 0 radical (unpaired) electrons. The molecule has 41 heavy (non-hydrogen) atoms. The average molecular weight is 864 g/mol. The number of nitrogens with zero attached hydrogens (tertiary/aromatic N) is 4. The summed E-state index contributed by atoms with van der Waals surface area (Å²) in [4.78, 5) is 19.5. The van der Waals surface area contributed by atoms with Gasteiger partial charge in [0.1, 0.15) is 8.95 Å². The molecule has 0 spiro atoms. The smallest absolute Gasteiger partial charge is 0.592 e. The number of hydrogen-bond donors (Lipinski definition) is 0. The molecule has 0 unspecified atom stereocenters. The molecule has 0 saturated carbocycles. The first-order valence-electron chi connectivity index (χ1n) is 11.3. The van der Waals surface area contributed by atoms with Crippen molar-refractivity contribution in [1.82, 2.24) is 0 Å². The van der Waals surface area contributed by atoms with Gasteiger partial charge < -0.3 is 31.3 Å². The molecular formula is C28H22Br4N4O4Zn+4. The van der Waals surface area contributed by atoms with Crippen molar-refractivity contribution in [3.8, 4) is 11.5 Å². The van der Waals surface area contributed by atoms with E-state index in [-0.39, 0.29) is 31.3 Å². The maximum atomic E-state index is 9.75. The minimum Gasteiger partial charge on any atom is -0.592 e. The Morgan fingerprint density at radius 3 is 1.29 bits per heavy atom. The minimum absolute atomic E-state index is 0. The number of benzene rings is 4. The molecule has 4 aromatic carbocycles. The van der Waals surface area contributed by atoms with E-state index in [9.17, 15) is 9.59 Å². The number of rotatable bonds is 6. The quantitative estimate of drug-likeness (QED) is 0.0808. The monoisotopic (exact) mass is 858 g/mol. The summed E-state index contributed by atoms with van der Waals surface area (Å²) in [5, 5.41) is 23.4. The molecule has 0 bridgehead atoms. The van der Waals surface area contributed by atoms with Crippen LogP contribution in [0, 0.1) is 0 Å². The van der Waals surface area contributed by atoms with Crippen LogP contribution in [0.5, 0.6) is 11.5 Å². The van der Waals surface area contributed by atoms with Crippen molar-refractivity contribution in [2.24, 2.45) is 10.2 Å². The van der Waals surface area contributed by atoms with Crippen molar-refractivity contribution in [2.75, 3.05) is 0 Å². The van der Waals surface area contributed by atoms with Crippen LogP contribution < -0.4 is 0 Å². The van der Waals surface area contributed by atoms with Gasteiger partial charge in [-0.25, -0.2) is 0 Å². The van der Waals surface area contributed by atoms with Crippen molar-refractivity contribution in [1.29, 1.82) is 0 Å². The standard InChI is InChI=1S/2C14H10Br2N2O2.Zn/c2*15-11-6-10(13(19)12(16)7-11)8-17-18-14(20)9-4-2-1-3-5-9;/h2*1-8H,(H2,17,18,19,20);/q;;+2/p+2. The van der Waals surface area contributed by atoms with E-state index >= 15 is 0 Å². The Labute approximate surface area is 282 Å². The summed E-state index contributed by atoms with van der Waals surface area (Å²) in [6, 6.07) is 24.9. The van der Waals surface area contributed by atoms with Crippen LogP contribution >= 0.6 is 63.7 Å². The second kappa shape index (κ2) is 17.3. The van der Waals surface area contributed by atoms with Gasteiger partial charge in [0.2, 0.25) is 0 Å². The molecule has 204 valence electrons. The van der Waals surface area contributed by atoms with Crippen LogP contribution in [0.15, 0.2) is 113 Å². The van der Waals surface area contributed by atoms with Crippen molar-refractivity contribution in [2.45, 2.75) is 0 Å². The number of hydrogen-bond acceptors (Lipinski definition) is 2. The predicted octanol–water partition coefficient (Wildman–Crippen LogP) is 7.81. The summed E-state index contributed by atoms with van der Waals surface area (Å²) in [5.74, 6) is 0.294. The average Bonchev–Trinajstić information content (AvgIpc) is 2.95. The summed E-state index contributed by atoms with van der Waals surface area (Å²) in [7, 11) is 0. The van der Waals surface area contributed by atoms with E-state index in [1.54, 1.807) is 72.8 Å². The van der Waals surface area contributed by atoms with Crippen molar-refractivity contribution in [3.05, 3.63) is 136 Å². The molecule has 2 amide bonds. The fraction of sp³-hybridized carbons (Fsp3) is 0. The summed E-state index contributed by atoms with van der Waals surface area (Å²) in [6.45, 7) is 0. The molecule has 6 N–H and O–H groups in total. The third-order valence-electron chi connectivity index (χ3n) is 4.93. The number of amides is 2. The van der Waals surface area contributed by atoms with Crippen molar-refractivity contribution < 1.29 is 39.3 Å². The van der Waals surface area contributed by atoms with Crippen LogP contribution in [0.4, 0.5) is 0 Å². The van der Waals surface area contributed by atoms with Gasteiger partial charge in [-0.05, 0) is 80.4 Å². The van der Waals surface area contributed by atoms with Gasteiger partial charge >= 0.3 is 19.5 Å². The number of halogens is 4. The Kier molecular flexibility index (Phi) is 14.6. The molecule has 4 aromatic rings. The zero-order valence-corrected chi connectivity index (χ0v) is 30.5. The maximum Gasteiger partial charge on any atom is 2.00 e. The largest absolute Gasteiger partial charge is 2.00 e. The molecule has 0 heterocycles. The first-order valence-corrected chi connectivity index (χ1v) is 14.4. The van der Waals surface area contributed by atoms with Crippen LogP contribution in [0.2, 0.25) is 0 Å². The zero-order valence-electron chi connectivity index (χ0n) is 21.1. The first-order chi connectivity index (χ1) is 19.2. The second-order valence-electron chi connectivity index (χ2n) is 7.77. The third kappa shape index (κ3) is 10.9.